The zero-order valence-corrected chi connectivity index (χ0v) is 11.7. The van der Waals surface area contributed by atoms with Crippen LogP contribution in [0.5, 0.6) is 17.8 Å². The minimum atomic E-state index is -0.502. The molecule has 8 heteroatoms. The highest BCUT2D eigenvalue weighted by atomic mass is 16.5. The molecule has 0 unspecified atom stereocenters. The van der Waals surface area contributed by atoms with Crippen LogP contribution in [0.25, 0.3) is 0 Å². The molecule has 0 saturated heterocycles. The number of hydrogen-bond acceptors (Lipinski definition) is 7. The highest BCUT2D eigenvalue weighted by molar-refractivity contribution is 5.92. The van der Waals surface area contributed by atoms with E-state index in [4.69, 9.17) is 15.2 Å². The van der Waals surface area contributed by atoms with E-state index in [1.807, 2.05) is 6.92 Å². The molecule has 1 aromatic carbocycles. The summed E-state index contributed by atoms with van der Waals surface area (Å²) in [5.41, 5.74) is 5.56. The minimum Gasteiger partial charge on any atom is -0.464 e. The molecule has 1 aromatic heterocycles. The highest BCUT2D eigenvalue weighted by Crippen LogP contribution is 2.20. The van der Waals surface area contributed by atoms with Crippen LogP contribution < -0.4 is 20.5 Å². The van der Waals surface area contributed by atoms with Gasteiger partial charge in [0.1, 0.15) is 5.75 Å². The number of carbonyl (C=O) groups excluding carboxylic acids is 1. The van der Waals surface area contributed by atoms with E-state index in [1.54, 1.807) is 31.3 Å². The van der Waals surface area contributed by atoms with Crippen LogP contribution in [0.2, 0.25) is 0 Å². The number of anilines is 1. The molecule has 0 fully saturated rings. The van der Waals surface area contributed by atoms with Crippen LogP contribution in [-0.4, -0.2) is 34.5 Å². The van der Waals surface area contributed by atoms with Crippen molar-refractivity contribution in [3.8, 4) is 17.8 Å². The number of carbonyl (C=O) groups is 1. The van der Waals surface area contributed by atoms with E-state index in [-0.39, 0.29) is 12.0 Å². The number of amides is 1. The maximum absolute atomic E-state index is 11.0. The molecule has 1 heterocycles. The Morgan fingerprint density at radius 1 is 1.19 bits per heavy atom. The predicted molar refractivity (Wildman–Crippen MR) is 75.6 cm³/mol. The lowest BCUT2D eigenvalue weighted by Gasteiger charge is -2.08. The Morgan fingerprint density at radius 3 is 2.43 bits per heavy atom. The fourth-order valence-electron chi connectivity index (χ4n) is 1.48. The molecule has 1 amide bonds. The fraction of sp³-hybridized carbons (Fsp3) is 0.231. The quantitative estimate of drug-likeness (QED) is 0.821. The minimum absolute atomic E-state index is 0.0876. The molecular formula is C13H15N5O3. The molecule has 2 aromatic rings. The molecule has 3 N–H and O–H groups in total. The lowest BCUT2D eigenvalue weighted by molar-refractivity contribution is 0.100. The lowest BCUT2D eigenvalue weighted by atomic mass is 10.2. The number of aromatic nitrogens is 3. The van der Waals surface area contributed by atoms with Gasteiger partial charge in [-0.2, -0.15) is 9.97 Å². The molecule has 2 rings (SSSR count). The van der Waals surface area contributed by atoms with Crippen molar-refractivity contribution in [1.82, 2.24) is 15.0 Å². The van der Waals surface area contributed by atoms with Crippen molar-refractivity contribution in [3.63, 3.8) is 0 Å². The number of nitrogens with one attached hydrogen (secondary N) is 1. The predicted octanol–water partition coefficient (Wildman–Crippen LogP) is 1.20. The first kappa shape index (κ1) is 14.5. The standard InChI is InChI=1S/C13H15N5O3/c1-3-20-12-16-11(15-2)17-13(18-12)21-9-6-4-8(5-7-9)10(14)19/h4-7H,3H2,1-2H3,(H2,14,19)(H,15,16,17,18). The Bertz CT molecular complexity index is 630. The molecule has 0 bridgehead atoms. The second-order valence-electron chi connectivity index (χ2n) is 3.90. The Hall–Kier alpha value is -2.90. The van der Waals surface area contributed by atoms with Gasteiger partial charge in [0.05, 0.1) is 6.61 Å². The van der Waals surface area contributed by atoms with Gasteiger partial charge in [0.2, 0.25) is 11.9 Å². The molecule has 0 saturated carbocycles. The molecule has 21 heavy (non-hydrogen) atoms. The van der Waals surface area contributed by atoms with Crippen molar-refractivity contribution in [2.24, 2.45) is 5.73 Å². The summed E-state index contributed by atoms with van der Waals surface area (Å²) in [6.07, 6.45) is 0. The van der Waals surface area contributed by atoms with Crippen LogP contribution in [0.3, 0.4) is 0 Å². The number of hydrogen-bond donors (Lipinski definition) is 2. The Kier molecular flexibility index (Phi) is 4.50. The van der Waals surface area contributed by atoms with Crippen LogP contribution in [0, 0.1) is 0 Å². The van der Waals surface area contributed by atoms with Gasteiger partial charge in [0, 0.05) is 12.6 Å². The first-order valence-corrected chi connectivity index (χ1v) is 6.26. The molecule has 0 spiro atoms. The summed E-state index contributed by atoms with van der Waals surface area (Å²) >= 11 is 0. The molecule has 0 aliphatic rings. The maximum Gasteiger partial charge on any atom is 0.330 e. The normalized spacial score (nSPS) is 10.0. The largest absolute Gasteiger partial charge is 0.464 e. The highest BCUT2D eigenvalue weighted by Gasteiger charge is 2.09. The third kappa shape index (κ3) is 3.78. The zero-order chi connectivity index (χ0) is 15.2. The Labute approximate surface area is 121 Å². The summed E-state index contributed by atoms with van der Waals surface area (Å²) in [4.78, 5) is 23.1. The summed E-state index contributed by atoms with van der Waals surface area (Å²) in [5, 5.41) is 2.79. The Balaban J connectivity index is 2.21. The van der Waals surface area contributed by atoms with Gasteiger partial charge < -0.3 is 20.5 Å². The third-order valence-electron chi connectivity index (χ3n) is 2.44. The molecular weight excluding hydrogens is 274 g/mol. The molecule has 110 valence electrons. The van der Waals surface area contributed by atoms with Gasteiger partial charge >= 0.3 is 12.0 Å². The van der Waals surface area contributed by atoms with E-state index >= 15 is 0 Å². The maximum atomic E-state index is 11.0. The van der Waals surface area contributed by atoms with E-state index < -0.39 is 5.91 Å². The monoisotopic (exact) mass is 289 g/mol. The Morgan fingerprint density at radius 2 is 1.86 bits per heavy atom. The third-order valence-corrected chi connectivity index (χ3v) is 2.44. The summed E-state index contributed by atoms with van der Waals surface area (Å²) in [5.74, 6) is 0.297. The summed E-state index contributed by atoms with van der Waals surface area (Å²) in [6.45, 7) is 2.26. The average Bonchev–Trinajstić information content (AvgIpc) is 2.48. The van der Waals surface area contributed by atoms with E-state index in [9.17, 15) is 4.79 Å². The van der Waals surface area contributed by atoms with Crippen LogP contribution in [0.4, 0.5) is 5.95 Å². The van der Waals surface area contributed by atoms with Crippen molar-refractivity contribution in [3.05, 3.63) is 29.8 Å². The summed E-state index contributed by atoms with van der Waals surface area (Å²) in [6, 6.07) is 6.57. The van der Waals surface area contributed by atoms with Crippen LogP contribution in [0.1, 0.15) is 17.3 Å². The second kappa shape index (κ2) is 6.51. The molecule has 0 radical (unpaired) electrons. The molecule has 8 nitrogen and oxygen atoms in total. The van der Waals surface area contributed by atoms with Crippen molar-refractivity contribution in [2.45, 2.75) is 6.92 Å². The number of nitrogens with two attached hydrogens (primary N) is 1. The van der Waals surface area contributed by atoms with Crippen LogP contribution >= 0.6 is 0 Å². The molecule has 0 aliphatic carbocycles. The van der Waals surface area contributed by atoms with Crippen LogP contribution in [0.15, 0.2) is 24.3 Å². The zero-order valence-electron chi connectivity index (χ0n) is 11.7. The number of rotatable bonds is 6. The van der Waals surface area contributed by atoms with Crippen LogP contribution in [-0.2, 0) is 0 Å². The van der Waals surface area contributed by atoms with Gasteiger partial charge in [-0.3, -0.25) is 4.79 Å². The fourth-order valence-corrected chi connectivity index (χ4v) is 1.48. The van der Waals surface area contributed by atoms with Crippen molar-refractivity contribution < 1.29 is 14.3 Å². The number of benzene rings is 1. The summed E-state index contributed by atoms with van der Waals surface area (Å²) in [7, 11) is 1.68. The first-order chi connectivity index (χ1) is 10.1. The molecule has 0 atom stereocenters. The smallest absolute Gasteiger partial charge is 0.330 e. The van der Waals surface area contributed by atoms with E-state index in [0.29, 0.717) is 23.9 Å². The van der Waals surface area contributed by atoms with Gasteiger partial charge in [0.25, 0.3) is 0 Å². The second-order valence-corrected chi connectivity index (χ2v) is 3.90. The van der Waals surface area contributed by atoms with Gasteiger partial charge in [-0.25, -0.2) is 0 Å². The van der Waals surface area contributed by atoms with Crippen molar-refractivity contribution in [2.75, 3.05) is 19.0 Å². The number of nitrogens with zero attached hydrogens (tertiary/aromatic N) is 3. The van der Waals surface area contributed by atoms with Gasteiger partial charge in [-0.1, -0.05) is 0 Å². The SMILES string of the molecule is CCOc1nc(NC)nc(Oc2ccc(C(N)=O)cc2)n1. The number of primary amides is 1. The first-order valence-electron chi connectivity index (χ1n) is 6.26. The van der Waals surface area contributed by atoms with Crippen molar-refractivity contribution in [1.29, 1.82) is 0 Å². The van der Waals surface area contributed by atoms with Gasteiger partial charge in [-0.05, 0) is 31.2 Å². The van der Waals surface area contributed by atoms with E-state index in [0.717, 1.165) is 0 Å². The van der Waals surface area contributed by atoms with E-state index in [2.05, 4.69) is 20.3 Å². The average molecular weight is 289 g/mol. The van der Waals surface area contributed by atoms with Gasteiger partial charge in [-0.15, -0.1) is 4.98 Å². The lowest BCUT2D eigenvalue weighted by Crippen LogP contribution is -2.10. The van der Waals surface area contributed by atoms with E-state index in [1.165, 1.54) is 0 Å². The number of ether oxygens (including phenoxy) is 2. The van der Waals surface area contributed by atoms with Crippen molar-refractivity contribution >= 4 is 11.9 Å². The topological polar surface area (TPSA) is 112 Å². The molecule has 0 aliphatic heterocycles. The summed E-state index contributed by atoms with van der Waals surface area (Å²) < 4.78 is 10.7. The van der Waals surface area contributed by atoms with Gasteiger partial charge in [0.15, 0.2) is 0 Å².